The highest BCUT2D eigenvalue weighted by Gasteiger charge is 2.40. The van der Waals surface area contributed by atoms with Crippen LogP contribution < -0.4 is 10.2 Å². The van der Waals surface area contributed by atoms with E-state index in [0.717, 1.165) is 28.2 Å². The molecule has 1 aliphatic heterocycles. The monoisotopic (exact) mass is 431 g/mol. The molecule has 0 aromatic heterocycles. The van der Waals surface area contributed by atoms with Crippen LogP contribution in [-0.2, 0) is 9.59 Å². The molecule has 0 spiro atoms. The zero-order valence-electron chi connectivity index (χ0n) is 17.3. The Labute approximate surface area is 182 Å². The minimum atomic E-state index is -0.608. The highest BCUT2D eigenvalue weighted by molar-refractivity contribution is 6.46. The van der Waals surface area contributed by atoms with Crippen LogP contribution in [0.1, 0.15) is 16.7 Å². The highest BCUT2D eigenvalue weighted by atomic mass is 19.1. The van der Waals surface area contributed by atoms with Gasteiger partial charge in [-0.05, 0) is 73.0 Å². The van der Waals surface area contributed by atoms with Gasteiger partial charge in [-0.2, -0.15) is 0 Å². The molecule has 3 aromatic carbocycles. The number of non-ortho nitro benzene ring substituents is 1. The van der Waals surface area contributed by atoms with Gasteiger partial charge in [0.25, 0.3) is 17.5 Å². The Kier molecular flexibility index (Phi) is 5.28. The maximum atomic E-state index is 13.4. The predicted octanol–water partition coefficient (Wildman–Crippen LogP) is 4.75. The predicted molar refractivity (Wildman–Crippen MR) is 118 cm³/mol. The van der Waals surface area contributed by atoms with E-state index in [-0.39, 0.29) is 22.6 Å². The van der Waals surface area contributed by atoms with Crippen molar-refractivity contribution in [2.24, 2.45) is 0 Å². The molecule has 0 bridgehead atoms. The molecule has 0 fully saturated rings. The Morgan fingerprint density at radius 1 is 0.906 bits per heavy atom. The lowest BCUT2D eigenvalue weighted by Gasteiger charge is -2.16. The number of carbonyl (C=O) groups excluding carboxylic acids is 2. The van der Waals surface area contributed by atoms with Crippen molar-refractivity contribution in [2.45, 2.75) is 13.8 Å². The Hall–Kier alpha value is -4.33. The summed E-state index contributed by atoms with van der Waals surface area (Å²) < 4.78 is 13.4. The number of anilines is 2. The maximum absolute atomic E-state index is 13.4. The van der Waals surface area contributed by atoms with Crippen LogP contribution in [0.25, 0.3) is 5.57 Å². The molecule has 8 heteroatoms. The second-order valence-electron chi connectivity index (χ2n) is 7.42. The fraction of sp³-hybridized carbons (Fsp3) is 0.0833. The van der Waals surface area contributed by atoms with Crippen LogP contribution in [0.5, 0.6) is 0 Å². The summed E-state index contributed by atoms with van der Waals surface area (Å²) in [5.74, 6) is -1.70. The van der Waals surface area contributed by atoms with Crippen molar-refractivity contribution in [3.8, 4) is 0 Å². The van der Waals surface area contributed by atoms with Gasteiger partial charge in [0.15, 0.2) is 0 Å². The van der Waals surface area contributed by atoms with E-state index in [0.29, 0.717) is 11.3 Å². The van der Waals surface area contributed by atoms with E-state index in [1.54, 1.807) is 0 Å². The fourth-order valence-corrected chi connectivity index (χ4v) is 3.49. The second-order valence-corrected chi connectivity index (χ2v) is 7.42. The largest absolute Gasteiger partial charge is 0.350 e. The highest BCUT2D eigenvalue weighted by Crippen LogP contribution is 2.35. The number of nitro groups is 1. The van der Waals surface area contributed by atoms with E-state index in [1.807, 2.05) is 32.0 Å². The Bertz CT molecular complexity index is 1280. The molecular formula is C24H18FN3O4. The number of nitro benzene ring substituents is 1. The minimum Gasteiger partial charge on any atom is -0.350 e. The number of nitrogens with zero attached hydrogens (tertiary/aromatic N) is 2. The summed E-state index contributed by atoms with van der Waals surface area (Å²) in [7, 11) is 0. The first-order valence-electron chi connectivity index (χ1n) is 9.74. The summed E-state index contributed by atoms with van der Waals surface area (Å²) in [4.78, 5) is 38.1. The van der Waals surface area contributed by atoms with Crippen molar-refractivity contribution < 1.29 is 18.9 Å². The molecule has 1 aliphatic rings. The van der Waals surface area contributed by atoms with Crippen molar-refractivity contribution in [1.29, 1.82) is 0 Å². The summed E-state index contributed by atoms with van der Waals surface area (Å²) >= 11 is 0. The van der Waals surface area contributed by atoms with Crippen LogP contribution in [0.2, 0.25) is 0 Å². The first-order chi connectivity index (χ1) is 15.3. The van der Waals surface area contributed by atoms with Crippen LogP contribution in [0.3, 0.4) is 0 Å². The van der Waals surface area contributed by atoms with Crippen LogP contribution in [0.4, 0.5) is 21.5 Å². The number of hydrogen-bond acceptors (Lipinski definition) is 5. The lowest BCUT2D eigenvalue weighted by molar-refractivity contribution is -0.384. The van der Waals surface area contributed by atoms with Gasteiger partial charge in [-0.3, -0.25) is 19.7 Å². The maximum Gasteiger partial charge on any atom is 0.282 e. The summed E-state index contributed by atoms with van der Waals surface area (Å²) in [5, 5.41) is 14.1. The van der Waals surface area contributed by atoms with Crippen molar-refractivity contribution in [1.82, 2.24) is 0 Å². The van der Waals surface area contributed by atoms with Crippen molar-refractivity contribution >= 4 is 34.4 Å². The lowest BCUT2D eigenvalue weighted by Crippen LogP contribution is -2.32. The van der Waals surface area contributed by atoms with Crippen LogP contribution in [-0.4, -0.2) is 16.7 Å². The molecule has 0 saturated carbocycles. The number of nitrogens with one attached hydrogen (secondary N) is 1. The van der Waals surface area contributed by atoms with E-state index < -0.39 is 22.6 Å². The fourth-order valence-electron chi connectivity index (χ4n) is 3.49. The van der Waals surface area contributed by atoms with E-state index in [2.05, 4.69) is 5.32 Å². The molecule has 0 aliphatic carbocycles. The van der Waals surface area contributed by atoms with Crippen LogP contribution >= 0.6 is 0 Å². The number of benzene rings is 3. The van der Waals surface area contributed by atoms with Gasteiger partial charge < -0.3 is 5.32 Å². The van der Waals surface area contributed by atoms with Gasteiger partial charge in [-0.15, -0.1) is 0 Å². The topological polar surface area (TPSA) is 92.6 Å². The SMILES string of the molecule is Cc1ccc(C)c(NC2=C(c3ccc([N+](=O)[O-])cc3)C(=O)N(c3ccc(F)cc3)C2=O)c1. The number of halogens is 1. The third kappa shape index (κ3) is 3.74. The third-order valence-corrected chi connectivity index (χ3v) is 5.19. The van der Waals surface area contributed by atoms with Gasteiger partial charge in [0.05, 0.1) is 16.2 Å². The first-order valence-corrected chi connectivity index (χ1v) is 9.74. The Morgan fingerprint density at radius 3 is 2.19 bits per heavy atom. The standard InChI is InChI=1S/C24H18FN3O4/c1-14-3-4-15(2)20(13-14)26-22-21(16-5-9-19(10-6-16)28(31)32)23(29)27(24(22)30)18-11-7-17(25)8-12-18/h3-13,26H,1-2H3. The van der Waals surface area contributed by atoms with Crippen LogP contribution in [0.15, 0.2) is 72.4 Å². The molecule has 1 heterocycles. The molecule has 0 unspecified atom stereocenters. The summed E-state index contributed by atoms with van der Waals surface area (Å²) in [6.45, 7) is 3.77. The van der Waals surface area contributed by atoms with Gasteiger partial charge in [0.2, 0.25) is 0 Å². The van der Waals surface area contributed by atoms with Gasteiger partial charge in [0.1, 0.15) is 11.5 Å². The molecule has 32 heavy (non-hydrogen) atoms. The number of rotatable bonds is 5. The molecule has 2 amide bonds. The Morgan fingerprint density at radius 2 is 1.56 bits per heavy atom. The van der Waals surface area contributed by atoms with Gasteiger partial charge in [-0.25, -0.2) is 9.29 Å². The smallest absolute Gasteiger partial charge is 0.282 e. The van der Waals surface area contributed by atoms with E-state index in [1.165, 1.54) is 36.4 Å². The van der Waals surface area contributed by atoms with E-state index >= 15 is 0 Å². The average Bonchev–Trinajstić information content (AvgIpc) is 3.01. The zero-order chi connectivity index (χ0) is 23.0. The van der Waals surface area contributed by atoms with Crippen molar-refractivity contribution in [2.75, 3.05) is 10.2 Å². The molecule has 160 valence electrons. The Balaban J connectivity index is 1.84. The molecule has 4 rings (SSSR count). The van der Waals surface area contributed by atoms with Crippen molar-refractivity contribution in [3.05, 3.63) is 105 Å². The van der Waals surface area contributed by atoms with Gasteiger partial charge >= 0.3 is 0 Å². The molecule has 0 radical (unpaired) electrons. The average molecular weight is 431 g/mol. The van der Waals surface area contributed by atoms with E-state index in [9.17, 15) is 24.1 Å². The molecule has 0 atom stereocenters. The number of carbonyl (C=O) groups is 2. The minimum absolute atomic E-state index is 0.0434. The summed E-state index contributed by atoms with van der Waals surface area (Å²) in [6.07, 6.45) is 0. The number of hydrogen-bond donors (Lipinski definition) is 1. The summed E-state index contributed by atoms with van der Waals surface area (Å²) in [6, 6.07) is 16.1. The van der Waals surface area contributed by atoms with E-state index in [4.69, 9.17) is 0 Å². The lowest BCUT2D eigenvalue weighted by atomic mass is 10.0. The summed E-state index contributed by atoms with van der Waals surface area (Å²) in [5.41, 5.74) is 3.04. The molecule has 3 aromatic rings. The molecule has 1 N–H and O–H groups in total. The number of amides is 2. The van der Waals surface area contributed by atoms with Gasteiger partial charge in [0, 0.05) is 17.8 Å². The molecule has 0 saturated heterocycles. The number of imide groups is 1. The quantitative estimate of drug-likeness (QED) is 0.358. The molecule has 7 nitrogen and oxygen atoms in total. The van der Waals surface area contributed by atoms with Crippen LogP contribution in [0, 0.1) is 29.8 Å². The van der Waals surface area contributed by atoms with Crippen molar-refractivity contribution in [3.63, 3.8) is 0 Å². The zero-order valence-corrected chi connectivity index (χ0v) is 17.3. The second kappa shape index (κ2) is 8.07. The molecular weight excluding hydrogens is 413 g/mol. The normalized spacial score (nSPS) is 13.7. The third-order valence-electron chi connectivity index (χ3n) is 5.19. The number of aryl methyl sites for hydroxylation is 2. The first kappa shape index (κ1) is 20.9. The van der Waals surface area contributed by atoms with Gasteiger partial charge in [-0.1, -0.05) is 12.1 Å².